The minimum absolute atomic E-state index is 0.0441. The van der Waals surface area contributed by atoms with E-state index in [-0.39, 0.29) is 21.3 Å². The van der Waals surface area contributed by atoms with Crippen LogP contribution >= 0.6 is 23.2 Å². The number of amides is 1. The van der Waals surface area contributed by atoms with Gasteiger partial charge in [0.05, 0.1) is 45.8 Å². The van der Waals surface area contributed by atoms with Crippen LogP contribution in [0.25, 0.3) is 0 Å². The third-order valence-corrected chi connectivity index (χ3v) is 5.38. The number of carbonyl (C=O) groups is 2. The fraction of sp³-hybridized carbons (Fsp3) is 0.333. The fourth-order valence-corrected chi connectivity index (χ4v) is 3.64. The van der Waals surface area contributed by atoms with Crippen LogP contribution in [0.5, 0.6) is 0 Å². The van der Waals surface area contributed by atoms with Gasteiger partial charge in [0.1, 0.15) is 0 Å². The number of halogens is 5. The van der Waals surface area contributed by atoms with Crippen LogP contribution in [0.1, 0.15) is 22.8 Å². The summed E-state index contributed by atoms with van der Waals surface area (Å²) in [5, 5.41) is 2.53. The van der Waals surface area contributed by atoms with Crippen LogP contribution < -0.4 is 10.2 Å². The van der Waals surface area contributed by atoms with E-state index in [9.17, 15) is 22.8 Å². The molecule has 1 aliphatic heterocycles. The molecule has 1 heterocycles. The first-order valence-electron chi connectivity index (χ1n) is 9.57. The molecule has 1 aliphatic rings. The maximum Gasteiger partial charge on any atom is 0.416 e. The van der Waals surface area contributed by atoms with Crippen LogP contribution in [0.4, 0.5) is 24.5 Å². The molecular weight excluding hydrogens is 472 g/mol. The van der Waals surface area contributed by atoms with Gasteiger partial charge in [-0.2, -0.15) is 13.2 Å². The highest BCUT2D eigenvalue weighted by Gasteiger charge is 2.32. The number of esters is 1. The molecule has 0 radical (unpaired) electrons. The van der Waals surface area contributed by atoms with Gasteiger partial charge in [-0.1, -0.05) is 29.3 Å². The molecule has 1 unspecified atom stereocenters. The molecule has 2 aromatic carbocycles. The van der Waals surface area contributed by atoms with Crippen molar-refractivity contribution in [2.24, 2.45) is 0 Å². The fourth-order valence-electron chi connectivity index (χ4n) is 3.09. The quantitative estimate of drug-likeness (QED) is 0.595. The summed E-state index contributed by atoms with van der Waals surface area (Å²) in [6.07, 6.45) is -5.93. The Hall–Kier alpha value is -2.49. The van der Waals surface area contributed by atoms with Crippen LogP contribution in [-0.2, 0) is 20.4 Å². The monoisotopic (exact) mass is 490 g/mol. The van der Waals surface area contributed by atoms with Gasteiger partial charge in [-0.25, -0.2) is 4.79 Å². The van der Waals surface area contributed by atoms with Crippen molar-refractivity contribution in [1.82, 2.24) is 0 Å². The third kappa shape index (κ3) is 5.65. The van der Waals surface area contributed by atoms with Crippen molar-refractivity contribution in [2.45, 2.75) is 19.2 Å². The first kappa shape index (κ1) is 24.2. The number of nitrogens with zero attached hydrogens (tertiary/aromatic N) is 1. The smallest absolute Gasteiger partial charge is 0.416 e. The number of hydrogen-bond donors (Lipinski definition) is 1. The minimum Gasteiger partial charge on any atom is -0.449 e. The zero-order valence-electron chi connectivity index (χ0n) is 16.8. The van der Waals surface area contributed by atoms with Crippen LogP contribution in [0.2, 0.25) is 10.0 Å². The second-order valence-corrected chi connectivity index (χ2v) is 7.78. The molecule has 0 saturated carbocycles. The van der Waals surface area contributed by atoms with E-state index < -0.39 is 29.7 Å². The molecule has 3 rings (SSSR count). The number of ether oxygens (including phenoxy) is 2. The van der Waals surface area contributed by atoms with Crippen molar-refractivity contribution < 1.29 is 32.2 Å². The highest BCUT2D eigenvalue weighted by Crippen LogP contribution is 2.36. The molecule has 1 fully saturated rings. The Morgan fingerprint density at radius 1 is 1.12 bits per heavy atom. The van der Waals surface area contributed by atoms with Crippen molar-refractivity contribution in [3.8, 4) is 0 Å². The Kier molecular flexibility index (Phi) is 7.53. The van der Waals surface area contributed by atoms with E-state index in [1.165, 1.54) is 25.1 Å². The van der Waals surface area contributed by atoms with Gasteiger partial charge in [0.15, 0.2) is 6.10 Å². The lowest BCUT2D eigenvalue weighted by Crippen LogP contribution is -2.37. The zero-order valence-corrected chi connectivity index (χ0v) is 18.4. The van der Waals surface area contributed by atoms with Gasteiger partial charge in [-0.15, -0.1) is 0 Å². The van der Waals surface area contributed by atoms with Crippen molar-refractivity contribution in [1.29, 1.82) is 0 Å². The van der Waals surface area contributed by atoms with Gasteiger partial charge in [0, 0.05) is 13.1 Å². The number of hydrogen-bond acceptors (Lipinski definition) is 5. The molecule has 11 heteroatoms. The average Bonchev–Trinajstić information content (AvgIpc) is 2.73. The maximum absolute atomic E-state index is 13.2. The summed E-state index contributed by atoms with van der Waals surface area (Å²) in [6.45, 7) is 3.00. The SMILES string of the molecule is CC(OC(=O)c1c(Cl)cccc1Cl)C(=O)Nc1cc(C(F)(F)F)ccc1N1CCOCC1. The van der Waals surface area contributed by atoms with Crippen LogP contribution in [-0.4, -0.2) is 44.3 Å². The molecule has 0 aliphatic carbocycles. The summed E-state index contributed by atoms with van der Waals surface area (Å²) in [5.74, 6) is -1.74. The molecular formula is C21H19Cl2F3N2O4. The van der Waals surface area contributed by atoms with E-state index in [0.29, 0.717) is 32.0 Å². The van der Waals surface area contributed by atoms with Gasteiger partial charge >= 0.3 is 12.1 Å². The predicted octanol–water partition coefficient (Wildman–Crippen LogP) is 5.03. The van der Waals surface area contributed by atoms with Crippen molar-refractivity contribution >= 4 is 46.5 Å². The van der Waals surface area contributed by atoms with E-state index in [1.807, 2.05) is 0 Å². The van der Waals surface area contributed by atoms with E-state index in [4.69, 9.17) is 32.7 Å². The lowest BCUT2D eigenvalue weighted by atomic mass is 10.1. The molecule has 6 nitrogen and oxygen atoms in total. The first-order valence-corrected chi connectivity index (χ1v) is 10.3. The highest BCUT2D eigenvalue weighted by molar-refractivity contribution is 6.39. The highest BCUT2D eigenvalue weighted by atomic mass is 35.5. The largest absolute Gasteiger partial charge is 0.449 e. The summed E-state index contributed by atoms with van der Waals surface area (Å²) in [7, 11) is 0. The summed E-state index contributed by atoms with van der Waals surface area (Å²) >= 11 is 12.0. The molecule has 1 saturated heterocycles. The summed E-state index contributed by atoms with van der Waals surface area (Å²) in [6, 6.07) is 7.51. The van der Waals surface area contributed by atoms with Crippen LogP contribution in [0, 0.1) is 0 Å². The molecule has 0 spiro atoms. The predicted molar refractivity (Wildman–Crippen MR) is 114 cm³/mol. The maximum atomic E-state index is 13.2. The number of morpholine rings is 1. The summed E-state index contributed by atoms with van der Waals surface area (Å²) in [4.78, 5) is 26.9. The first-order chi connectivity index (χ1) is 15.1. The molecule has 1 atom stereocenters. The van der Waals surface area contributed by atoms with Gasteiger partial charge in [0.25, 0.3) is 5.91 Å². The van der Waals surface area contributed by atoms with E-state index in [0.717, 1.165) is 12.1 Å². The van der Waals surface area contributed by atoms with Gasteiger partial charge in [-0.05, 0) is 37.3 Å². The Balaban J connectivity index is 1.81. The lowest BCUT2D eigenvalue weighted by molar-refractivity contribution is -0.137. The number of anilines is 2. The molecule has 0 bridgehead atoms. The normalized spacial score (nSPS) is 15.2. The second-order valence-electron chi connectivity index (χ2n) is 6.96. The Morgan fingerprint density at radius 3 is 2.34 bits per heavy atom. The Bertz CT molecular complexity index is 991. The number of carbonyl (C=O) groups excluding carboxylic acids is 2. The van der Waals surface area contributed by atoms with Crippen LogP contribution in [0.3, 0.4) is 0 Å². The number of rotatable bonds is 5. The number of nitrogens with one attached hydrogen (secondary N) is 1. The molecule has 172 valence electrons. The Labute approximate surface area is 192 Å². The Morgan fingerprint density at radius 2 is 1.75 bits per heavy atom. The molecule has 2 aromatic rings. The van der Waals surface area contributed by atoms with Crippen LogP contribution in [0.15, 0.2) is 36.4 Å². The molecule has 1 N–H and O–H groups in total. The molecule has 0 aromatic heterocycles. The topological polar surface area (TPSA) is 67.9 Å². The number of alkyl halides is 3. The summed E-state index contributed by atoms with van der Waals surface area (Å²) < 4.78 is 50.1. The zero-order chi connectivity index (χ0) is 23.5. The van der Waals surface area contributed by atoms with Crippen molar-refractivity contribution in [3.05, 3.63) is 57.6 Å². The van der Waals surface area contributed by atoms with E-state index >= 15 is 0 Å². The minimum atomic E-state index is -4.60. The third-order valence-electron chi connectivity index (χ3n) is 4.75. The van der Waals surface area contributed by atoms with Crippen molar-refractivity contribution in [2.75, 3.05) is 36.5 Å². The van der Waals surface area contributed by atoms with Gasteiger partial charge in [-0.3, -0.25) is 4.79 Å². The molecule has 1 amide bonds. The van der Waals surface area contributed by atoms with Gasteiger partial charge in [0.2, 0.25) is 0 Å². The standard InChI is InChI=1S/C21H19Cl2F3N2O4/c1-12(32-20(30)18-14(22)3-2-4-15(18)23)19(29)27-16-11-13(21(24,25)26)5-6-17(16)28-7-9-31-10-8-28/h2-6,11-12H,7-10H2,1H3,(H,27,29). The van der Waals surface area contributed by atoms with Gasteiger partial charge < -0.3 is 19.7 Å². The average molecular weight is 491 g/mol. The van der Waals surface area contributed by atoms with E-state index in [1.54, 1.807) is 11.0 Å². The number of benzene rings is 2. The van der Waals surface area contributed by atoms with E-state index in [2.05, 4.69) is 5.32 Å². The van der Waals surface area contributed by atoms with Crippen molar-refractivity contribution in [3.63, 3.8) is 0 Å². The second kappa shape index (κ2) is 9.97. The summed E-state index contributed by atoms with van der Waals surface area (Å²) in [5.41, 5.74) is -0.673. The molecule has 32 heavy (non-hydrogen) atoms. The lowest BCUT2D eigenvalue weighted by Gasteiger charge is -2.31.